The van der Waals surface area contributed by atoms with Crippen molar-refractivity contribution in [1.82, 2.24) is 9.88 Å². The molecule has 19 heavy (non-hydrogen) atoms. The van der Waals surface area contributed by atoms with Crippen molar-refractivity contribution in [2.24, 2.45) is 5.92 Å². The molecule has 0 atom stereocenters. The molecule has 2 nitrogen and oxygen atoms in total. The molecular formula is C17H24N2. The van der Waals surface area contributed by atoms with Gasteiger partial charge in [-0.05, 0) is 48.4 Å². The first-order valence-electron chi connectivity index (χ1n) is 7.65. The maximum absolute atomic E-state index is 3.40. The van der Waals surface area contributed by atoms with Crippen LogP contribution in [0.15, 0.2) is 30.5 Å². The maximum Gasteiger partial charge on any atom is 0.0483 e. The van der Waals surface area contributed by atoms with E-state index in [1.165, 1.54) is 48.7 Å². The van der Waals surface area contributed by atoms with E-state index in [4.69, 9.17) is 0 Å². The second-order valence-electron chi connectivity index (χ2n) is 5.79. The molecular weight excluding hydrogens is 232 g/mol. The van der Waals surface area contributed by atoms with Crippen LogP contribution >= 0.6 is 0 Å². The molecule has 0 aliphatic heterocycles. The lowest BCUT2D eigenvalue weighted by atomic mass is 10.1. The zero-order valence-electron chi connectivity index (χ0n) is 11.9. The van der Waals surface area contributed by atoms with E-state index in [2.05, 4.69) is 47.3 Å². The molecule has 0 saturated heterocycles. The molecule has 0 amide bonds. The molecule has 3 rings (SSSR count). The van der Waals surface area contributed by atoms with E-state index in [0.717, 1.165) is 19.0 Å². The van der Waals surface area contributed by atoms with Crippen molar-refractivity contribution in [3.8, 4) is 0 Å². The topological polar surface area (TPSA) is 17.0 Å². The molecule has 0 unspecified atom stereocenters. The Hall–Kier alpha value is -1.28. The minimum Gasteiger partial charge on any atom is -0.347 e. The lowest BCUT2D eigenvalue weighted by Gasteiger charge is -2.12. The van der Waals surface area contributed by atoms with E-state index in [1.807, 2.05) is 0 Å². The van der Waals surface area contributed by atoms with Gasteiger partial charge in [0.25, 0.3) is 0 Å². The van der Waals surface area contributed by atoms with Gasteiger partial charge in [0.2, 0.25) is 0 Å². The van der Waals surface area contributed by atoms with Crippen molar-refractivity contribution in [1.29, 1.82) is 0 Å². The Morgan fingerprint density at radius 1 is 1.21 bits per heavy atom. The van der Waals surface area contributed by atoms with Gasteiger partial charge >= 0.3 is 0 Å². The summed E-state index contributed by atoms with van der Waals surface area (Å²) in [5.41, 5.74) is 2.79. The molecule has 1 heterocycles. The van der Waals surface area contributed by atoms with E-state index in [1.54, 1.807) is 0 Å². The van der Waals surface area contributed by atoms with Gasteiger partial charge in [-0.15, -0.1) is 0 Å². The number of fused-ring (bicyclic) bond motifs is 1. The second-order valence-corrected chi connectivity index (χ2v) is 5.79. The van der Waals surface area contributed by atoms with Crippen LogP contribution in [-0.4, -0.2) is 11.1 Å². The van der Waals surface area contributed by atoms with Crippen LogP contribution in [0.3, 0.4) is 0 Å². The van der Waals surface area contributed by atoms with Crippen LogP contribution in [0.5, 0.6) is 0 Å². The van der Waals surface area contributed by atoms with Gasteiger partial charge in [0.15, 0.2) is 0 Å². The third kappa shape index (κ3) is 2.84. The van der Waals surface area contributed by atoms with Crippen molar-refractivity contribution >= 4 is 10.9 Å². The number of hydrogen-bond donors (Lipinski definition) is 1. The first-order chi connectivity index (χ1) is 9.36. The highest BCUT2D eigenvalue weighted by molar-refractivity contribution is 5.80. The average molecular weight is 256 g/mol. The molecule has 2 heteroatoms. The Bertz CT molecular complexity index is 535. The lowest BCUT2D eigenvalue weighted by molar-refractivity contribution is 0.466. The van der Waals surface area contributed by atoms with Crippen molar-refractivity contribution < 1.29 is 0 Å². The Balaban J connectivity index is 1.82. The minimum atomic E-state index is 0.896. The SMILES string of the molecule is CCNCc1ccc2ccn(CC3CCCC3)c2c1. The molecule has 0 bridgehead atoms. The highest BCUT2D eigenvalue weighted by Crippen LogP contribution is 2.28. The summed E-state index contributed by atoms with van der Waals surface area (Å²) in [6.45, 7) is 5.36. The molecule has 1 aromatic carbocycles. The van der Waals surface area contributed by atoms with Crippen LogP contribution in [0, 0.1) is 5.92 Å². The van der Waals surface area contributed by atoms with Crippen molar-refractivity contribution in [3.63, 3.8) is 0 Å². The monoisotopic (exact) mass is 256 g/mol. The van der Waals surface area contributed by atoms with Crippen molar-refractivity contribution in [2.75, 3.05) is 6.54 Å². The van der Waals surface area contributed by atoms with Gasteiger partial charge in [0.1, 0.15) is 0 Å². The molecule has 1 aliphatic carbocycles. The summed E-state index contributed by atoms with van der Waals surface area (Å²) in [6, 6.07) is 9.10. The standard InChI is InChI=1S/C17H24N2/c1-2-18-12-15-7-8-16-9-10-19(17(16)11-15)13-14-5-3-4-6-14/h7-11,14,18H,2-6,12-13H2,1H3. The maximum atomic E-state index is 3.40. The molecule has 1 fully saturated rings. The third-order valence-corrected chi connectivity index (χ3v) is 4.35. The zero-order chi connectivity index (χ0) is 13.1. The number of nitrogens with one attached hydrogen (secondary N) is 1. The van der Waals surface area contributed by atoms with Crippen LogP contribution in [0.1, 0.15) is 38.2 Å². The number of benzene rings is 1. The van der Waals surface area contributed by atoms with Gasteiger partial charge in [0, 0.05) is 24.8 Å². The number of hydrogen-bond acceptors (Lipinski definition) is 1. The molecule has 0 spiro atoms. The Labute approximate surface area is 115 Å². The summed E-state index contributed by atoms with van der Waals surface area (Å²) in [4.78, 5) is 0. The first-order valence-corrected chi connectivity index (χ1v) is 7.65. The predicted molar refractivity (Wildman–Crippen MR) is 81.3 cm³/mol. The molecule has 1 aromatic heterocycles. The van der Waals surface area contributed by atoms with Gasteiger partial charge in [-0.25, -0.2) is 0 Å². The summed E-state index contributed by atoms with van der Waals surface area (Å²) in [5.74, 6) is 0.896. The van der Waals surface area contributed by atoms with Crippen LogP contribution in [-0.2, 0) is 13.1 Å². The fourth-order valence-electron chi connectivity index (χ4n) is 3.24. The van der Waals surface area contributed by atoms with E-state index in [-0.39, 0.29) is 0 Å². The molecule has 1 saturated carbocycles. The van der Waals surface area contributed by atoms with Gasteiger partial charge < -0.3 is 9.88 Å². The van der Waals surface area contributed by atoms with Crippen molar-refractivity contribution in [3.05, 3.63) is 36.0 Å². The highest BCUT2D eigenvalue weighted by atomic mass is 15.0. The largest absolute Gasteiger partial charge is 0.347 e. The fourth-order valence-corrected chi connectivity index (χ4v) is 3.24. The van der Waals surface area contributed by atoms with Gasteiger partial charge in [0.05, 0.1) is 0 Å². The number of aromatic nitrogens is 1. The van der Waals surface area contributed by atoms with E-state index < -0.39 is 0 Å². The molecule has 1 N–H and O–H groups in total. The Kier molecular flexibility index (Phi) is 3.88. The summed E-state index contributed by atoms with van der Waals surface area (Å²) in [5, 5.41) is 4.78. The van der Waals surface area contributed by atoms with E-state index in [0.29, 0.717) is 0 Å². The van der Waals surface area contributed by atoms with E-state index >= 15 is 0 Å². The first kappa shape index (κ1) is 12.7. The number of nitrogens with zero attached hydrogens (tertiary/aromatic N) is 1. The Morgan fingerprint density at radius 2 is 2.05 bits per heavy atom. The zero-order valence-corrected chi connectivity index (χ0v) is 11.9. The second kappa shape index (κ2) is 5.79. The molecule has 102 valence electrons. The van der Waals surface area contributed by atoms with E-state index in [9.17, 15) is 0 Å². The van der Waals surface area contributed by atoms with Crippen LogP contribution in [0.2, 0.25) is 0 Å². The molecule has 0 radical (unpaired) electrons. The predicted octanol–water partition coefficient (Wildman–Crippen LogP) is 3.94. The smallest absolute Gasteiger partial charge is 0.0483 e. The lowest BCUT2D eigenvalue weighted by Crippen LogP contribution is -2.11. The molecule has 1 aliphatic rings. The molecule has 2 aromatic rings. The minimum absolute atomic E-state index is 0.896. The quantitative estimate of drug-likeness (QED) is 0.857. The summed E-state index contributed by atoms with van der Waals surface area (Å²) < 4.78 is 2.46. The average Bonchev–Trinajstić information content (AvgIpc) is 3.07. The highest BCUT2D eigenvalue weighted by Gasteiger charge is 2.16. The van der Waals surface area contributed by atoms with Gasteiger partial charge in [-0.3, -0.25) is 0 Å². The van der Waals surface area contributed by atoms with Crippen LogP contribution in [0.4, 0.5) is 0 Å². The Morgan fingerprint density at radius 3 is 2.84 bits per heavy atom. The van der Waals surface area contributed by atoms with Crippen LogP contribution in [0.25, 0.3) is 10.9 Å². The summed E-state index contributed by atoms with van der Waals surface area (Å²) in [6.07, 6.45) is 7.94. The number of rotatable bonds is 5. The van der Waals surface area contributed by atoms with Crippen LogP contribution < -0.4 is 5.32 Å². The fraction of sp³-hybridized carbons (Fsp3) is 0.529. The van der Waals surface area contributed by atoms with Crippen molar-refractivity contribution in [2.45, 2.75) is 45.7 Å². The third-order valence-electron chi connectivity index (χ3n) is 4.35. The summed E-state index contributed by atoms with van der Waals surface area (Å²) in [7, 11) is 0. The summed E-state index contributed by atoms with van der Waals surface area (Å²) >= 11 is 0. The normalized spacial score (nSPS) is 16.5. The van der Waals surface area contributed by atoms with Gasteiger partial charge in [-0.2, -0.15) is 0 Å². The van der Waals surface area contributed by atoms with Gasteiger partial charge in [-0.1, -0.05) is 31.9 Å².